The Morgan fingerprint density at radius 2 is 1.66 bits per heavy atom. The van der Waals surface area contributed by atoms with E-state index in [1.165, 1.54) is 57.4 Å². The van der Waals surface area contributed by atoms with Gasteiger partial charge in [0, 0.05) is 0 Å². The van der Waals surface area contributed by atoms with Gasteiger partial charge >= 0.3 is 0 Å². The maximum Gasteiger partial charge on any atom is 0.169 e. The molecule has 2 fully saturated rings. The highest BCUT2D eigenvalue weighted by Crippen LogP contribution is 2.49. The van der Waals surface area contributed by atoms with E-state index in [1.54, 1.807) is 18.2 Å². The number of benzene rings is 2. The van der Waals surface area contributed by atoms with Crippen molar-refractivity contribution in [3.8, 4) is 0 Å². The fourth-order valence-corrected chi connectivity index (χ4v) is 6.05. The first-order chi connectivity index (χ1) is 14.1. The molecule has 0 aromatic heterocycles. The van der Waals surface area contributed by atoms with E-state index in [9.17, 15) is 13.2 Å². The van der Waals surface area contributed by atoms with Gasteiger partial charge in [-0.3, -0.25) is 0 Å². The molecular weight excluding hydrogens is 369 g/mol. The Labute approximate surface area is 172 Å². The lowest BCUT2D eigenvalue weighted by Crippen LogP contribution is -2.30. The van der Waals surface area contributed by atoms with Gasteiger partial charge in [-0.25, -0.2) is 13.2 Å². The lowest BCUT2D eigenvalue weighted by Gasteiger charge is -2.42. The highest BCUT2D eigenvalue weighted by Gasteiger charge is 2.37. The third-order valence-corrected chi connectivity index (χ3v) is 7.65. The molecule has 4 unspecified atom stereocenters. The van der Waals surface area contributed by atoms with E-state index in [4.69, 9.17) is 0 Å². The summed E-state index contributed by atoms with van der Waals surface area (Å²) in [4.78, 5) is 0. The molecular formula is C26H33F3. The van der Waals surface area contributed by atoms with E-state index in [0.29, 0.717) is 16.9 Å². The number of hydrogen-bond acceptors (Lipinski definition) is 0. The molecule has 0 heterocycles. The predicted octanol–water partition coefficient (Wildman–Crippen LogP) is 8.53. The molecule has 2 aromatic rings. The molecule has 2 aromatic carbocycles. The maximum absolute atomic E-state index is 14.8. The number of hydrogen-bond donors (Lipinski definition) is 0. The van der Waals surface area contributed by atoms with Gasteiger partial charge in [0.05, 0.1) is 5.39 Å². The van der Waals surface area contributed by atoms with Crippen LogP contribution < -0.4 is 0 Å². The first-order valence-corrected chi connectivity index (χ1v) is 11.6. The van der Waals surface area contributed by atoms with Gasteiger partial charge in [0.15, 0.2) is 11.6 Å². The first kappa shape index (κ1) is 20.8. The van der Waals surface area contributed by atoms with Crippen molar-refractivity contribution >= 4 is 10.8 Å². The second-order valence-electron chi connectivity index (χ2n) is 9.49. The monoisotopic (exact) mass is 402 g/mol. The van der Waals surface area contributed by atoms with Crippen LogP contribution in [0.5, 0.6) is 0 Å². The topological polar surface area (TPSA) is 0 Å². The average Bonchev–Trinajstić information content (AvgIpc) is 2.73. The zero-order chi connectivity index (χ0) is 20.4. The Hall–Kier alpha value is -1.51. The molecule has 0 nitrogen and oxygen atoms in total. The van der Waals surface area contributed by atoms with E-state index in [0.717, 1.165) is 31.1 Å². The van der Waals surface area contributed by atoms with Gasteiger partial charge in [-0.15, -0.1) is 0 Å². The lowest BCUT2D eigenvalue weighted by atomic mass is 9.63. The Balaban J connectivity index is 1.44. The Bertz CT molecular complexity index is 843. The van der Waals surface area contributed by atoms with Crippen molar-refractivity contribution in [1.29, 1.82) is 0 Å². The minimum atomic E-state index is -1.02. The van der Waals surface area contributed by atoms with Gasteiger partial charge in [-0.2, -0.15) is 0 Å². The van der Waals surface area contributed by atoms with Crippen LogP contribution in [0.1, 0.15) is 89.0 Å². The second-order valence-corrected chi connectivity index (χ2v) is 9.49. The highest BCUT2D eigenvalue weighted by atomic mass is 19.2. The number of halogens is 3. The van der Waals surface area contributed by atoms with Crippen LogP contribution in [0.15, 0.2) is 24.3 Å². The molecule has 0 amide bonds. The molecule has 4 atom stereocenters. The van der Waals surface area contributed by atoms with Crippen molar-refractivity contribution in [3.05, 3.63) is 47.3 Å². The van der Waals surface area contributed by atoms with Crippen LogP contribution in [-0.2, 0) is 0 Å². The largest absolute Gasteiger partial charge is 0.206 e. The van der Waals surface area contributed by atoms with Gasteiger partial charge < -0.3 is 0 Å². The summed E-state index contributed by atoms with van der Waals surface area (Å²) in [5.74, 6) is -0.245. The molecule has 2 aliphatic rings. The first-order valence-electron chi connectivity index (χ1n) is 11.6. The molecule has 2 saturated carbocycles. The molecule has 158 valence electrons. The van der Waals surface area contributed by atoms with Crippen LogP contribution in [0.3, 0.4) is 0 Å². The van der Waals surface area contributed by atoms with Crippen LogP contribution in [0.25, 0.3) is 10.8 Å². The summed E-state index contributed by atoms with van der Waals surface area (Å²) in [7, 11) is 0. The number of fused-ring (bicyclic) bond motifs is 2. The van der Waals surface area contributed by atoms with Crippen LogP contribution in [0.2, 0.25) is 0 Å². The fourth-order valence-electron chi connectivity index (χ4n) is 6.05. The van der Waals surface area contributed by atoms with Crippen molar-refractivity contribution in [1.82, 2.24) is 0 Å². The third-order valence-electron chi connectivity index (χ3n) is 7.65. The molecule has 0 saturated heterocycles. The van der Waals surface area contributed by atoms with E-state index < -0.39 is 17.5 Å². The van der Waals surface area contributed by atoms with E-state index >= 15 is 0 Å². The summed E-state index contributed by atoms with van der Waals surface area (Å²) in [6.45, 7) is 2.25. The van der Waals surface area contributed by atoms with Gasteiger partial charge in [0.1, 0.15) is 5.82 Å². The standard InChI is InChI=1S/C26H33F3/c1-2-3-4-5-7-17-10-11-19-15-20(13-12-18(19)14-17)22-16-21-8-6-9-23(27)24(21)26(29)25(22)28/h6,8-9,16-20H,2-5,7,10-15H2,1H3. The van der Waals surface area contributed by atoms with Crippen LogP contribution in [-0.4, -0.2) is 0 Å². The molecule has 0 spiro atoms. The SMILES string of the molecule is CCCCCCC1CCC2CC(c3cc4cccc(F)c4c(F)c3F)CCC2C1. The van der Waals surface area contributed by atoms with Crippen molar-refractivity contribution in [2.24, 2.45) is 17.8 Å². The summed E-state index contributed by atoms with van der Waals surface area (Å²) in [5.41, 5.74) is 0.459. The maximum atomic E-state index is 14.8. The summed E-state index contributed by atoms with van der Waals surface area (Å²) in [5, 5.41) is 0.253. The molecule has 29 heavy (non-hydrogen) atoms. The molecule has 3 heteroatoms. The number of unbranched alkanes of at least 4 members (excludes halogenated alkanes) is 3. The van der Waals surface area contributed by atoms with Crippen LogP contribution in [0, 0.1) is 35.2 Å². The number of rotatable bonds is 6. The van der Waals surface area contributed by atoms with Crippen LogP contribution in [0.4, 0.5) is 13.2 Å². The lowest BCUT2D eigenvalue weighted by molar-refractivity contribution is 0.112. The van der Waals surface area contributed by atoms with E-state index in [-0.39, 0.29) is 11.3 Å². The fraction of sp³-hybridized carbons (Fsp3) is 0.615. The molecule has 0 bridgehead atoms. The summed E-state index contributed by atoms with van der Waals surface area (Å²) in [6, 6.07) is 6.13. The van der Waals surface area contributed by atoms with Gasteiger partial charge in [0.2, 0.25) is 0 Å². The average molecular weight is 403 g/mol. The van der Waals surface area contributed by atoms with Gasteiger partial charge in [-0.05, 0) is 78.9 Å². The molecule has 0 radical (unpaired) electrons. The molecule has 4 rings (SSSR count). The molecule has 2 aliphatic carbocycles. The van der Waals surface area contributed by atoms with E-state index in [2.05, 4.69) is 6.92 Å². The van der Waals surface area contributed by atoms with Crippen molar-refractivity contribution < 1.29 is 13.2 Å². The van der Waals surface area contributed by atoms with Crippen molar-refractivity contribution in [2.45, 2.75) is 83.5 Å². The Morgan fingerprint density at radius 1 is 0.862 bits per heavy atom. The minimum Gasteiger partial charge on any atom is -0.206 e. The molecule has 0 aliphatic heterocycles. The Morgan fingerprint density at radius 3 is 2.48 bits per heavy atom. The summed E-state index contributed by atoms with van der Waals surface area (Å²) in [6.07, 6.45) is 13.5. The van der Waals surface area contributed by atoms with Crippen molar-refractivity contribution in [3.63, 3.8) is 0 Å². The molecule has 0 N–H and O–H groups in total. The predicted molar refractivity (Wildman–Crippen MR) is 113 cm³/mol. The van der Waals surface area contributed by atoms with Gasteiger partial charge in [-0.1, -0.05) is 57.6 Å². The smallest absolute Gasteiger partial charge is 0.169 e. The van der Waals surface area contributed by atoms with Crippen molar-refractivity contribution in [2.75, 3.05) is 0 Å². The highest BCUT2D eigenvalue weighted by molar-refractivity contribution is 5.84. The minimum absolute atomic E-state index is 0.0551. The van der Waals surface area contributed by atoms with Crippen LogP contribution >= 0.6 is 0 Å². The quantitative estimate of drug-likeness (QED) is 0.425. The third kappa shape index (κ3) is 4.34. The zero-order valence-electron chi connectivity index (χ0n) is 17.5. The zero-order valence-corrected chi connectivity index (χ0v) is 17.5. The second kappa shape index (κ2) is 9.10. The summed E-state index contributed by atoms with van der Waals surface area (Å²) < 4.78 is 43.4. The Kier molecular flexibility index (Phi) is 6.51. The summed E-state index contributed by atoms with van der Waals surface area (Å²) >= 11 is 0. The van der Waals surface area contributed by atoms with E-state index in [1.807, 2.05) is 0 Å². The van der Waals surface area contributed by atoms with Gasteiger partial charge in [0.25, 0.3) is 0 Å². The normalized spacial score (nSPS) is 27.2.